The summed E-state index contributed by atoms with van der Waals surface area (Å²) in [7, 11) is 0. The average molecular weight is 844 g/mol. The number of halogens is 1. The summed E-state index contributed by atoms with van der Waals surface area (Å²) in [5.74, 6) is 4.57. The van der Waals surface area contributed by atoms with Crippen molar-refractivity contribution in [3.63, 3.8) is 0 Å². The second-order valence-electron chi connectivity index (χ2n) is 15.5. The van der Waals surface area contributed by atoms with Crippen LogP contribution in [0.15, 0.2) is 133 Å². The van der Waals surface area contributed by atoms with Crippen LogP contribution in [0, 0.1) is 17.7 Å². The molecule has 60 heavy (non-hydrogen) atoms. The third-order valence-corrected chi connectivity index (χ3v) is 12.7. The van der Waals surface area contributed by atoms with Gasteiger partial charge in [-0.05, 0) is 105 Å². The van der Waals surface area contributed by atoms with Crippen LogP contribution in [0.4, 0.5) is 14.9 Å². The molecule has 0 saturated carbocycles. The van der Waals surface area contributed by atoms with Crippen LogP contribution in [0.5, 0.6) is 0 Å². The highest BCUT2D eigenvalue weighted by molar-refractivity contribution is 8.01. The van der Waals surface area contributed by atoms with E-state index in [0.29, 0.717) is 42.1 Å². The predicted molar refractivity (Wildman–Crippen MR) is 241 cm³/mol. The molecule has 0 bridgehead atoms. The number of aliphatic carboxylic acids is 1. The number of nitrogens with one attached hydrogen (secondary N) is 2. The minimum atomic E-state index is -1.12. The zero-order chi connectivity index (χ0) is 42.7. The Hall–Kier alpha value is -5.70. The molecular weight excluding hydrogens is 794 g/mol. The van der Waals surface area contributed by atoms with Crippen LogP contribution in [-0.2, 0) is 14.3 Å². The van der Waals surface area contributed by atoms with Gasteiger partial charge < -0.3 is 25.4 Å². The Kier molecular flexibility index (Phi) is 14.6. The summed E-state index contributed by atoms with van der Waals surface area (Å²) in [6.45, 7) is 6.41. The Morgan fingerprint density at radius 3 is 1.97 bits per heavy atom. The number of carboxylic acids is 1. The molecule has 1 aliphatic heterocycles. The van der Waals surface area contributed by atoms with Crippen molar-refractivity contribution in [2.75, 3.05) is 30.4 Å². The van der Waals surface area contributed by atoms with E-state index in [0.717, 1.165) is 16.7 Å². The van der Waals surface area contributed by atoms with Crippen molar-refractivity contribution >= 4 is 47.2 Å². The van der Waals surface area contributed by atoms with Gasteiger partial charge in [-0.15, -0.1) is 11.8 Å². The standard InChI is InChI=1S/C49H50FN3O5S2/c1-48(2,3)58-47(57)53-30-28-44(60-49(36-14-8-5-9-15-36,37-16-10-6-11-17-37)38-18-12-7-13-19-38)43(53)33-51-40-26-27-41(45(54)52-42(46(55)56)29-31-59-4)35(32-40)23-20-34-21-24-39(50)25-22-34/h5-19,21-22,24-27,32,42-44,51H,28-31,33H2,1-4H3,(H,52,54)(H,55,56)/t42-,43?,44?/m0/s1. The molecule has 0 aromatic heterocycles. The molecule has 5 aromatic carbocycles. The molecular formula is C49H50FN3O5S2. The number of carbonyl (C=O) groups is 3. The normalized spacial score (nSPS) is 15.7. The zero-order valence-corrected chi connectivity index (χ0v) is 35.8. The Morgan fingerprint density at radius 1 is 0.850 bits per heavy atom. The van der Waals surface area contributed by atoms with Gasteiger partial charge in [0.25, 0.3) is 5.91 Å². The summed E-state index contributed by atoms with van der Waals surface area (Å²) in [5.41, 5.74) is 4.40. The molecule has 3 N–H and O–H groups in total. The second kappa shape index (κ2) is 20.0. The first-order valence-electron chi connectivity index (χ1n) is 19.9. The molecule has 1 saturated heterocycles. The van der Waals surface area contributed by atoms with Crippen LogP contribution < -0.4 is 10.6 Å². The topological polar surface area (TPSA) is 108 Å². The minimum absolute atomic E-state index is 0.0670. The van der Waals surface area contributed by atoms with Crippen molar-refractivity contribution < 1.29 is 28.6 Å². The molecule has 2 unspecified atom stereocenters. The van der Waals surface area contributed by atoms with E-state index >= 15 is 0 Å². The van der Waals surface area contributed by atoms with Gasteiger partial charge in [0.15, 0.2) is 0 Å². The number of amides is 2. The van der Waals surface area contributed by atoms with Gasteiger partial charge in [0, 0.05) is 35.2 Å². The molecule has 11 heteroatoms. The number of likely N-dealkylation sites (tertiary alicyclic amines) is 1. The first-order chi connectivity index (χ1) is 28.9. The maximum absolute atomic E-state index is 14.0. The summed E-state index contributed by atoms with van der Waals surface area (Å²) in [5, 5.41) is 16.0. The number of ether oxygens (including phenoxy) is 1. The SMILES string of the molecule is CSCC[C@H](NC(=O)c1ccc(NCC2C(SC(c3ccccc3)(c3ccccc3)c3ccccc3)CCN2C(=O)OC(C)(C)C)cc1C#Cc1ccc(F)cc1)C(=O)O. The molecule has 5 aromatic rings. The Bertz CT molecular complexity index is 2200. The summed E-state index contributed by atoms with van der Waals surface area (Å²) < 4.78 is 19.0. The number of rotatable bonds is 14. The number of carbonyl (C=O) groups excluding carboxylic acids is 2. The van der Waals surface area contributed by atoms with Gasteiger partial charge in [0.1, 0.15) is 17.5 Å². The molecule has 310 valence electrons. The Labute approximate surface area is 360 Å². The van der Waals surface area contributed by atoms with Crippen molar-refractivity contribution in [1.82, 2.24) is 10.2 Å². The lowest BCUT2D eigenvalue weighted by atomic mass is 9.84. The van der Waals surface area contributed by atoms with Crippen LogP contribution in [0.1, 0.15) is 71.8 Å². The molecule has 0 radical (unpaired) electrons. The largest absolute Gasteiger partial charge is 0.480 e. The first-order valence-corrected chi connectivity index (χ1v) is 22.2. The number of benzene rings is 5. The van der Waals surface area contributed by atoms with E-state index in [1.165, 1.54) is 23.9 Å². The molecule has 2 amide bonds. The first kappa shape index (κ1) is 43.9. The van der Waals surface area contributed by atoms with E-state index in [1.807, 2.05) is 61.9 Å². The highest BCUT2D eigenvalue weighted by Gasteiger charge is 2.46. The zero-order valence-electron chi connectivity index (χ0n) is 34.2. The minimum Gasteiger partial charge on any atom is -0.480 e. The van der Waals surface area contributed by atoms with E-state index in [4.69, 9.17) is 4.74 Å². The van der Waals surface area contributed by atoms with Gasteiger partial charge in [-0.2, -0.15) is 11.8 Å². The van der Waals surface area contributed by atoms with Crippen LogP contribution in [-0.4, -0.2) is 76.0 Å². The van der Waals surface area contributed by atoms with Crippen molar-refractivity contribution in [2.45, 2.75) is 61.3 Å². The summed E-state index contributed by atoms with van der Waals surface area (Å²) in [4.78, 5) is 41.5. The molecule has 0 spiro atoms. The smallest absolute Gasteiger partial charge is 0.410 e. The van der Waals surface area contributed by atoms with E-state index < -0.39 is 40.2 Å². The van der Waals surface area contributed by atoms with Gasteiger partial charge in [0.05, 0.1) is 16.4 Å². The van der Waals surface area contributed by atoms with E-state index in [9.17, 15) is 23.9 Å². The van der Waals surface area contributed by atoms with Gasteiger partial charge in [-0.1, -0.05) is 103 Å². The second-order valence-corrected chi connectivity index (χ2v) is 17.9. The average Bonchev–Trinajstić information content (AvgIpc) is 3.65. The molecule has 1 heterocycles. The van der Waals surface area contributed by atoms with Gasteiger partial charge >= 0.3 is 12.1 Å². The predicted octanol–water partition coefficient (Wildman–Crippen LogP) is 9.68. The number of hydrogen-bond acceptors (Lipinski definition) is 7. The highest BCUT2D eigenvalue weighted by Crippen LogP contribution is 2.52. The lowest BCUT2D eigenvalue weighted by molar-refractivity contribution is -0.139. The fourth-order valence-corrected chi connectivity index (χ4v) is 9.65. The van der Waals surface area contributed by atoms with Crippen LogP contribution in [0.25, 0.3) is 0 Å². The lowest BCUT2D eigenvalue weighted by Gasteiger charge is -2.39. The van der Waals surface area contributed by atoms with Crippen molar-refractivity contribution in [1.29, 1.82) is 0 Å². The monoisotopic (exact) mass is 843 g/mol. The van der Waals surface area contributed by atoms with Crippen molar-refractivity contribution in [3.05, 3.63) is 173 Å². The molecule has 8 nitrogen and oxygen atoms in total. The quantitative estimate of drug-likeness (QED) is 0.0750. The van der Waals surface area contributed by atoms with Crippen molar-refractivity contribution in [2.24, 2.45) is 0 Å². The molecule has 6 rings (SSSR count). The van der Waals surface area contributed by atoms with Gasteiger partial charge in [-0.3, -0.25) is 4.79 Å². The van der Waals surface area contributed by atoms with E-state index in [2.05, 4.69) is 95.3 Å². The summed E-state index contributed by atoms with van der Waals surface area (Å²) >= 11 is 3.33. The van der Waals surface area contributed by atoms with Crippen LogP contribution in [0.2, 0.25) is 0 Å². The third kappa shape index (κ3) is 10.9. The molecule has 1 fully saturated rings. The molecule has 1 aliphatic rings. The summed E-state index contributed by atoms with van der Waals surface area (Å²) in [6, 6.07) is 40.8. The summed E-state index contributed by atoms with van der Waals surface area (Å²) in [6.07, 6.45) is 2.45. The van der Waals surface area contributed by atoms with E-state index in [1.54, 1.807) is 30.3 Å². The van der Waals surface area contributed by atoms with Gasteiger partial charge in [-0.25, -0.2) is 14.0 Å². The number of carboxylic acid groups (broad SMARTS) is 1. The number of nitrogens with zero attached hydrogens (tertiary/aromatic N) is 1. The van der Waals surface area contributed by atoms with Crippen molar-refractivity contribution in [3.8, 4) is 11.8 Å². The number of thioether (sulfide) groups is 2. The number of hydrogen-bond donors (Lipinski definition) is 3. The molecule has 3 atom stereocenters. The maximum atomic E-state index is 14.0. The third-order valence-electron chi connectivity index (χ3n) is 10.2. The highest BCUT2D eigenvalue weighted by atomic mass is 32.2. The Balaban J connectivity index is 1.38. The van der Waals surface area contributed by atoms with E-state index in [-0.39, 0.29) is 23.3 Å². The number of anilines is 1. The maximum Gasteiger partial charge on any atom is 0.410 e. The Morgan fingerprint density at radius 2 is 1.43 bits per heavy atom. The van der Waals surface area contributed by atoms with Crippen LogP contribution >= 0.6 is 23.5 Å². The molecule has 0 aliphatic carbocycles. The fourth-order valence-electron chi connectivity index (χ4n) is 7.28. The fraction of sp³-hybridized carbons (Fsp3) is 0.286. The lowest BCUT2D eigenvalue weighted by Crippen LogP contribution is -2.46. The van der Waals surface area contributed by atoms with Gasteiger partial charge in [0.2, 0.25) is 0 Å². The van der Waals surface area contributed by atoms with Crippen LogP contribution in [0.3, 0.4) is 0 Å².